The molecule has 2 N–H and O–H groups in total. The zero-order chi connectivity index (χ0) is 16.7. The number of anilines is 1. The molecule has 3 heterocycles. The normalized spacial score (nSPS) is 21.6. The lowest BCUT2D eigenvalue weighted by molar-refractivity contribution is 0.320. The van der Waals surface area contributed by atoms with Crippen molar-refractivity contribution in [2.24, 2.45) is 0 Å². The summed E-state index contributed by atoms with van der Waals surface area (Å²) in [5.41, 5.74) is 0.850. The van der Waals surface area contributed by atoms with Gasteiger partial charge < -0.3 is 9.88 Å². The second kappa shape index (κ2) is 6.23. The molecule has 0 amide bonds. The van der Waals surface area contributed by atoms with E-state index in [9.17, 15) is 4.21 Å². The standard InChI is InChI=1S/C15H18N6OS2/c1-9-17-7-13(23-9)24(22)20-10-5-11(6-10)21(2)15-12-3-4-16-14(12)18-8-19-15/h3-4,7-8,10-11,20H,5-6H2,1-2H3,(H,16,18,19). The smallest absolute Gasteiger partial charge is 0.142 e. The van der Waals surface area contributed by atoms with E-state index >= 15 is 0 Å². The Hall–Kier alpha value is -1.84. The third-order valence-electron chi connectivity index (χ3n) is 4.38. The molecule has 1 aliphatic rings. The largest absolute Gasteiger partial charge is 0.356 e. The molecule has 1 fully saturated rings. The monoisotopic (exact) mass is 362 g/mol. The first-order valence-electron chi connectivity index (χ1n) is 7.73. The molecule has 1 aliphatic carbocycles. The lowest BCUT2D eigenvalue weighted by atomic mass is 9.86. The van der Waals surface area contributed by atoms with Crippen LogP contribution in [0.4, 0.5) is 5.82 Å². The van der Waals surface area contributed by atoms with E-state index in [0.717, 1.165) is 38.9 Å². The van der Waals surface area contributed by atoms with Crippen LogP contribution in [0.15, 0.2) is 29.0 Å². The highest BCUT2D eigenvalue weighted by Crippen LogP contribution is 2.31. The highest BCUT2D eigenvalue weighted by Gasteiger charge is 2.34. The van der Waals surface area contributed by atoms with Gasteiger partial charge in [-0.05, 0) is 25.8 Å². The van der Waals surface area contributed by atoms with Crippen LogP contribution in [0.25, 0.3) is 11.0 Å². The Labute approximate surface area is 146 Å². The summed E-state index contributed by atoms with van der Waals surface area (Å²) < 4.78 is 16.3. The number of aromatic amines is 1. The minimum absolute atomic E-state index is 0.254. The molecular formula is C15H18N6OS2. The molecule has 3 aromatic heterocycles. The van der Waals surface area contributed by atoms with Crippen molar-refractivity contribution >= 4 is 39.2 Å². The van der Waals surface area contributed by atoms with Gasteiger partial charge >= 0.3 is 0 Å². The third-order valence-corrected chi connectivity index (χ3v) is 6.81. The van der Waals surface area contributed by atoms with Gasteiger partial charge in [0.05, 0.1) is 16.6 Å². The summed E-state index contributed by atoms with van der Waals surface area (Å²) >= 11 is 1.47. The van der Waals surface area contributed by atoms with Crippen molar-refractivity contribution in [1.82, 2.24) is 24.7 Å². The van der Waals surface area contributed by atoms with Crippen molar-refractivity contribution in [2.75, 3.05) is 11.9 Å². The van der Waals surface area contributed by atoms with Crippen LogP contribution in [0.5, 0.6) is 0 Å². The van der Waals surface area contributed by atoms with E-state index in [1.165, 1.54) is 11.3 Å². The molecule has 4 rings (SSSR count). The minimum Gasteiger partial charge on any atom is -0.356 e. The summed E-state index contributed by atoms with van der Waals surface area (Å²) in [4.78, 5) is 18.1. The number of aryl methyl sites for hydroxylation is 1. The second-order valence-corrected chi connectivity index (χ2v) is 8.66. The fraction of sp³-hybridized carbons (Fsp3) is 0.400. The fourth-order valence-corrected chi connectivity index (χ4v) is 5.02. The molecule has 1 atom stereocenters. The molecule has 24 heavy (non-hydrogen) atoms. The van der Waals surface area contributed by atoms with Crippen molar-refractivity contribution in [3.63, 3.8) is 0 Å². The maximum atomic E-state index is 12.3. The molecule has 0 bridgehead atoms. The maximum absolute atomic E-state index is 12.3. The molecule has 0 spiro atoms. The first-order valence-corrected chi connectivity index (χ1v) is 9.69. The van der Waals surface area contributed by atoms with Gasteiger partial charge in [-0.3, -0.25) is 0 Å². The highest BCUT2D eigenvalue weighted by molar-refractivity contribution is 7.85. The average Bonchev–Trinajstić information content (AvgIpc) is 3.17. The molecule has 1 unspecified atom stereocenters. The Morgan fingerprint density at radius 2 is 2.21 bits per heavy atom. The first kappa shape index (κ1) is 15.7. The molecule has 126 valence electrons. The molecule has 0 radical (unpaired) electrons. The van der Waals surface area contributed by atoms with Crippen LogP contribution in [0.3, 0.4) is 0 Å². The molecule has 9 heteroatoms. The second-order valence-electron chi connectivity index (χ2n) is 5.96. The zero-order valence-electron chi connectivity index (χ0n) is 13.4. The molecule has 7 nitrogen and oxygen atoms in total. The molecular weight excluding hydrogens is 344 g/mol. The topological polar surface area (TPSA) is 86.8 Å². The van der Waals surface area contributed by atoms with Crippen LogP contribution in [0, 0.1) is 6.92 Å². The summed E-state index contributed by atoms with van der Waals surface area (Å²) in [5, 5.41) is 1.96. The zero-order valence-corrected chi connectivity index (χ0v) is 15.0. The van der Waals surface area contributed by atoms with E-state index in [1.807, 2.05) is 19.2 Å². The number of thiazole rings is 1. The Bertz CT molecular complexity index is 885. The van der Waals surface area contributed by atoms with Gasteiger partial charge in [-0.15, -0.1) is 11.3 Å². The number of rotatable bonds is 5. The van der Waals surface area contributed by atoms with Crippen molar-refractivity contribution in [2.45, 2.75) is 36.1 Å². The van der Waals surface area contributed by atoms with Crippen LogP contribution in [0.1, 0.15) is 17.8 Å². The van der Waals surface area contributed by atoms with Gasteiger partial charge in [0.25, 0.3) is 0 Å². The van der Waals surface area contributed by atoms with Gasteiger partial charge in [0.1, 0.15) is 33.0 Å². The average molecular weight is 362 g/mol. The Morgan fingerprint density at radius 3 is 2.96 bits per heavy atom. The van der Waals surface area contributed by atoms with Crippen molar-refractivity contribution in [3.8, 4) is 0 Å². The van der Waals surface area contributed by atoms with E-state index in [-0.39, 0.29) is 6.04 Å². The summed E-state index contributed by atoms with van der Waals surface area (Å²) in [6.07, 6.45) is 7.03. The Kier molecular flexibility index (Phi) is 4.07. The Morgan fingerprint density at radius 1 is 1.38 bits per heavy atom. The lowest BCUT2D eigenvalue weighted by Gasteiger charge is -2.41. The van der Waals surface area contributed by atoms with Crippen LogP contribution < -0.4 is 9.62 Å². The van der Waals surface area contributed by atoms with Crippen LogP contribution in [-0.4, -0.2) is 43.3 Å². The third kappa shape index (κ3) is 2.83. The molecule has 1 saturated carbocycles. The SMILES string of the molecule is Cc1ncc(S(=O)NC2CC(N(C)c3ncnc4[nH]ccc34)C2)s1. The summed E-state index contributed by atoms with van der Waals surface area (Å²) in [6.45, 7) is 1.92. The van der Waals surface area contributed by atoms with Crippen LogP contribution in [-0.2, 0) is 11.0 Å². The highest BCUT2D eigenvalue weighted by atomic mass is 32.2. The quantitative estimate of drug-likeness (QED) is 0.725. The van der Waals surface area contributed by atoms with Crippen LogP contribution in [0.2, 0.25) is 0 Å². The first-order chi connectivity index (χ1) is 11.6. The summed E-state index contributed by atoms with van der Waals surface area (Å²) in [5.74, 6) is 0.934. The molecule has 0 saturated heterocycles. The van der Waals surface area contributed by atoms with Crippen molar-refractivity contribution in [3.05, 3.63) is 29.8 Å². The number of nitrogens with zero attached hydrogens (tertiary/aromatic N) is 4. The van der Waals surface area contributed by atoms with Gasteiger partial charge in [0.2, 0.25) is 0 Å². The molecule has 3 aromatic rings. The molecule has 0 aromatic carbocycles. The van der Waals surface area contributed by atoms with E-state index in [4.69, 9.17) is 0 Å². The van der Waals surface area contributed by atoms with Gasteiger partial charge in [-0.2, -0.15) is 0 Å². The van der Waals surface area contributed by atoms with E-state index in [2.05, 4.69) is 36.6 Å². The number of hydrogen-bond donors (Lipinski definition) is 2. The molecule has 0 aliphatic heterocycles. The number of aromatic nitrogens is 4. The predicted molar refractivity (Wildman–Crippen MR) is 95.5 cm³/mol. The predicted octanol–water partition coefficient (Wildman–Crippen LogP) is 2.00. The van der Waals surface area contributed by atoms with Gasteiger partial charge in [-0.25, -0.2) is 23.9 Å². The number of hydrogen-bond acceptors (Lipinski definition) is 6. The number of fused-ring (bicyclic) bond motifs is 1. The Balaban J connectivity index is 1.38. The van der Waals surface area contributed by atoms with Crippen LogP contribution >= 0.6 is 11.3 Å². The van der Waals surface area contributed by atoms with E-state index < -0.39 is 11.0 Å². The van der Waals surface area contributed by atoms with Gasteiger partial charge in [-0.1, -0.05) is 0 Å². The fourth-order valence-electron chi connectivity index (χ4n) is 2.95. The van der Waals surface area contributed by atoms with E-state index in [0.29, 0.717) is 6.04 Å². The van der Waals surface area contributed by atoms with Crippen molar-refractivity contribution < 1.29 is 4.21 Å². The van der Waals surface area contributed by atoms with Crippen molar-refractivity contribution in [1.29, 1.82) is 0 Å². The van der Waals surface area contributed by atoms with E-state index in [1.54, 1.807) is 12.5 Å². The maximum Gasteiger partial charge on any atom is 0.142 e. The van der Waals surface area contributed by atoms with Gasteiger partial charge in [0.15, 0.2) is 0 Å². The lowest BCUT2D eigenvalue weighted by Crippen LogP contribution is -2.52. The summed E-state index contributed by atoms with van der Waals surface area (Å²) in [7, 11) is 0.882. The number of H-pyrrole nitrogens is 1. The number of nitrogens with one attached hydrogen (secondary N) is 2. The van der Waals surface area contributed by atoms with Gasteiger partial charge in [0, 0.05) is 25.3 Å². The summed E-state index contributed by atoms with van der Waals surface area (Å²) in [6, 6.07) is 2.64. The minimum atomic E-state index is -1.17.